The average molecular weight is 270 g/mol. The third-order valence-corrected chi connectivity index (χ3v) is 4.50. The Labute approximate surface area is 119 Å². The van der Waals surface area contributed by atoms with Crippen molar-refractivity contribution in [2.75, 3.05) is 39.9 Å². The molecular formula is C16H34N2O. The number of rotatable bonds is 9. The van der Waals surface area contributed by atoms with Crippen LogP contribution in [0.3, 0.4) is 0 Å². The van der Waals surface area contributed by atoms with Crippen molar-refractivity contribution >= 4 is 0 Å². The van der Waals surface area contributed by atoms with Crippen molar-refractivity contribution in [1.29, 1.82) is 0 Å². The summed E-state index contributed by atoms with van der Waals surface area (Å²) in [6.07, 6.45) is 5.19. The summed E-state index contributed by atoms with van der Waals surface area (Å²) in [7, 11) is 1.78. The number of piperidine rings is 1. The Morgan fingerprint density at radius 3 is 2.84 bits per heavy atom. The Bertz CT molecular complexity index is 225. The van der Waals surface area contributed by atoms with Crippen LogP contribution < -0.4 is 10.6 Å². The van der Waals surface area contributed by atoms with Gasteiger partial charge in [-0.05, 0) is 62.6 Å². The molecule has 2 N–H and O–H groups in total. The highest BCUT2D eigenvalue weighted by atomic mass is 16.5. The largest absolute Gasteiger partial charge is 0.385 e. The van der Waals surface area contributed by atoms with Crippen molar-refractivity contribution in [3.05, 3.63) is 0 Å². The van der Waals surface area contributed by atoms with Crippen LogP contribution in [0.4, 0.5) is 0 Å². The number of ether oxygens (including phenoxy) is 1. The van der Waals surface area contributed by atoms with Crippen molar-refractivity contribution in [3.8, 4) is 0 Å². The quantitative estimate of drug-likeness (QED) is 0.632. The van der Waals surface area contributed by atoms with E-state index in [0.29, 0.717) is 5.41 Å². The van der Waals surface area contributed by atoms with E-state index in [0.717, 1.165) is 38.0 Å². The van der Waals surface area contributed by atoms with Gasteiger partial charge in [0.15, 0.2) is 0 Å². The summed E-state index contributed by atoms with van der Waals surface area (Å²) >= 11 is 0. The predicted octanol–water partition coefficient (Wildman–Crippen LogP) is 2.66. The molecule has 1 aliphatic heterocycles. The molecule has 0 aromatic rings. The van der Waals surface area contributed by atoms with Crippen molar-refractivity contribution in [1.82, 2.24) is 10.6 Å². The second-order valence-electron chi connectivity index (χ2n) is 6.96. The van der Waals surface area contributed by atoms with Crippen molar-refractivity contribution in [3.63, 3.8) is 0 Å². The molecule has 19 heavy (non-hydrogen) atoms. The van der Waals surface area contributed by atoms with Crippen molar-refractivity contribution in [2.24, 2.45) is 17.3 Å². The van der Waals surface area contributed by atoms with Crippen LogP contribution in [-0.2, 0) is 4.74 Å². The van der Waals surface area contributed by atoms with E-state index in [4.69, 9.17) is 4.74 Å². The topological polar surface area (TPSA) is 33.3 Å². The summed E-state index contributed by atoms with van der Waals surface area (Å²) in [5, 5.41) is 7.15. The Balaban J connectivity index is 2.08. The maximum Gasteiger partial charge on any atom is 0.0467 e. The van der Waals surface area contributed by atoms with E-state index in [1.807, 2.05) is 0 Å². The molecule has 0 aromatic carbocycles. The molecule has 0 aliphatic carbocycles. The minimum atomic E-state index is 0.339. The lowest BCUT2D eigenvalue weighted by molar-refractivity contribution is 0.150. The summed E-state index contributed by atoms with van der Waals surface area (Å²) in [4.78, 5) is 0. The zero-order valence-corrected chi connectivity index (χ0v) is 13.4. The van der Waals surface area contributed by atoms with Gasteiger partial charge in [0, 0.05) is 20.3 Å². The van der Waals surface area contributed by atoms with Crippen LogP contribution in [0.25, 0.3) is 0 Å². The van der Waals surface area contributed by atoms with Gasteiger partial charge < -0.3 is 15.4 Å². The number of hydrogen-bond donors (Lipinski definition) is 2. The SMILES string of the molecule is COCCC(C)(C)CNCCC(C)C1CCCNC1. The zero-order chi connectivity index (χ0) is 14.1. The third kappa shape index (κ3) is 7.28. The van der Waals surface area contributed by atoms with Crippen LogP contribution in [0, 0.1) is 17.3 Å². The molecule has 0 radical (unpaired) electrons. The van der Waals surface area contributed by atoms with Crippen LogP contribution in [0.2, 0.25) is 0 Å². The minimum absolute atomic E-state index is 0.339. The van der Waals surface area contributed by atoms with Crippen LogP contribution in [0.1, 0.15) is 46.5 Å². The Morgan fingerprint density at radius 1 is 1.42 bits per heavy atom. The van der Waals surface area contributed by atoms with Gasteiger partial charge in [0.05, 0.1) is 0 Å². The Morgan fingerprint density at radius 2 is 2.21 bits per heavy atom. The highest BCUT2D eigenvalue weighted by molar-refractivity contribution is 4.76. The first-order chi connectivity index (χ1) is 9.05. The predicted molar refractivity (Wildman–Crippen MR) is 82.5 cm³/mol. The molecule has 1 saturated heterocycles. The zero-order valence-electron chi connectivity index (χ0n) is 13.4. The standard InChI is InChI=1S/C16H34N2O/c1-14(15-6-5-9-17-12-15)7-10-18-13-16(2,3)8-11-19-4/h14-15,17-18H,5-13H2,1-4H3. The molecular weight excluding hydrogens is 236 g/mol. The van der Waals surface area contributed by atoms with E-state index in [-0.39, 0.29) is 0 Å². The highest BCUT2D eigenvalue weighted by Gasteiger charge is 2.20. The molecule has 0 aromatic heterocycles. The smallest absolute Gasteiger partial charge is 0.0467 e. The van der Waals surface area contributed by atoms with E-state index in [9.17, 15) is 0 Å². The molecule has 1 heterocycles. The van der Waals surface area contributed by atoms with Crippen LogP contribution in [0.15, 0.2) is 0 Å². The van der Waals surface area contributed by atoms with Crippen molar-refractivity contribution < 1.29 is 4.74 Å². The monoisotopic (exact) mass is 270 g/mol. The fraction of sp³-hybridized carbons (Fsp3) is 1.00. The molecule has 1 rings (SSSR count). The maximum absolute atomic E-state index is 5.17. The molecule has 114 valence electrons. The van der Waals surface area contributed by atoms with Crippen LogP contribution >= 0.6 is 0 Å². The van der Waals surface area contributed by atoms with Gasteiger partial charge in [-0.25, -0.2) is 0 Å². The van der Waals surface area contributed by atoms with Gasteiger partial charge >= 0.3 is 0 Å². The number of nitrogens with one attached hydrogen (secondary N) is 2. The molecule has 0 spiro atoms. The highest BCUT2D eigenvalue weighted by Crippen LogP contribution is 2.22. The summed E-state index contributed by atoms with van der Waals surface area (Å²) in [6, 6.07) is 0. The average Bonchev–Trinajstić information content (AvgIpc) is 2.42. The molecule has 1 aliphatic rings. The molecule has 3 nitrogen and oxygen atoms in total. The fourth-order valence-electron chi connectivity index (χ4n) is 2.82. The molecule has 2 unspecified atom stereocenters. The van der Waals surface area contributed by atoms with Crippen LogP contribution in [0.5, 0.6) is 0 Å². The lowest BCUT2D eigenvalue weighted by atomic mass is 9.85. The summed E-state index contributed by atoms with van der Waals surface area (Å²) in [5.74, 6) is 1.72. The normalized spacial score (nSPS) is 22.4. The van der Waals surface area contributed by atoms with Gasteiger partial charge in [-0.1, -0.05) is 20.8 Å². The first-order valence-electron chi connectivity index (χ1n) is 7.95. The van der Waals surface area contributed by atoms with E-state index >= 15 is 0 Å². The minimum Gasteiger partial charge on any atom is -0.385 e. The van der Waals surface area contributed by atoms with E-state index in [1.54, 1.807) is 7.11 Å². The Kier molecular flexibility index (Phi) is 7.96. The molecule has 0 saturated carbocycles. The molecule has 1 fully saturated rings. The number of hydrogen-bond acceptors (Lipinski definition) is 3. The number of methoxy groups -OCH3 is 1. The second-order valence-corrected chi connectivity index (χ2v) is 6.96. The lowest BCUT2D eigenvalue weighted by Crippen LogP contribution is -2.35. The third-order valence-electron chi connectivity index (χ3n) is 4.50. The Hall–Kier alpha value is -0.120. The van der Waals surface area contributed by atoms with Crippen LogP contribution in [-0.4, -0.2) is 39.9 Å². The fourth-order valence-corrected chi connectivity index (χ4v) is 2.82. The van der Waals surface area contributed by atoms with Gasteiger partial charge in [-0.15, -0.1) is 0 Å². The summed E-state index contributed by atoms with van der Waals surface area (Å²) in [5.41, 5.74) is 0.339. The first-order valence-corrected chi connectivity index (χ1v) is 7.95. The van der Waals surface area contributed by atoms with Gasteiger partial charge in [0.2, 0.25) is 0 Å². The van der Waals surface area contributed by atoms with Gasteiger partial charge in [0.1, 0.15) is 0 Å². The molecule has 2 atom stereocenters. The molecule has 0 amide bonds. The van der Waals surface area contributed by atoms with E-state index in [1.165, 1.54) is 32.4 Å². The summed E-state index contributed by atoms with van der Waals surface area (Å²) < 4.78 is 5.17. The second kappa shape index (κ2) is 8.93. The van der Waals surface area contributed by atoms with E-state index < -0.39 is 0 Å². The molecule has 0 bridgehead atoms. The molecule has 3 heteroatoms. The van der Waals surface area contributed by atoms with Gasteiger partial charge in [-0.2, -0.15) is 0 Å². The summed E-state index contributed by atoms with van der Waals surface area (Å²) in [6.45, 7) is 12.6. The maximum atomic E-state index is 5.17. The van der Waals surface area contributed by atoms with Gasteiger partial charge in [0.25, 0.3) is 0 Å². The first kappa shape index (κ1) is 16.9. The van der Waals surface area contributed by atoms with E-state index in [2.05, 4.69) is 31.4 Å². The van der Waals surface area contributed by atoms with Crippen molar-refractivity contribution in [2.45, 2.75) is 46.5 Å². The van der Waals surface area contributed by atoms with Gasteiger partial charge in [-0.3, -0.25) is 0 Å². The lowest BCUT2D eigenvalue weighted by Gasteiger charge is -2.29.